The quantitative estimate of drug-likeness (QED) is 0.829. The van der Waals surface area contributed by atoms with Crippen LogP contribution in [0.15, 0.2) is 18.2 Å². The van der Waals surface area contributed by atoms with E-state index in [-0.39, 0.29) is 5.56 Å². The van der Waals surface area contributed by atoms with Crippen LogP contribution in [0.3, 0.4) is 0 Å². The zero-order chi connectivity index (χ0) is 14.3. The summed E-state index contributed by atoms with van der Waals surface area (Å²) in [4.78, 5) is 0. The Morgan fingerprint density at radius 2 is 2.20 bits per heavy atom. The topological polar surface area (TPSA) is 33.0 Å². The van der Waals surface area contributed by atoms with E-state index in [1.165, 1.54) is 31.4 Å². The van der Waals surface area contributed by atoms with Crippen LogP contribution in [-0.2, 0) is 0 Å². The number of nitriles is 1. The molecule has 2 bridgehead atoms. The van der Waals surface area contributed by atoms with Gasteiger partial charge in [0.25, 0.3) is 0 Å². The van der Waals surface area contributed by atoms with Crippen LogP contribution in [0.25, 0.3) is 0 Å². The van der Waals surface area contributed by atoms with Crippen LogP contribution in [0.2, 0.25) is 0 Å². The molecule has 3 aliphatic rings. The van der Waals surface area contributed by atoms with Gasteiger partial charge in [0.15, 0.2) is 0 Å². The van der Waals surface area contributed by atoms with E-state index in [1.54, 1.807) is 6.07 Å². The fourth-order valence-electron chi connectivity index (χ4n) is 4.05. The third-order valence-electron chi connectivity index (χ3n) is 5.52. The lowest BCUT2D eigenvalue weighted by molar-refractivity contribution is -0.114. The summed E-state index contributed by atoms with van der Waals surface area (Å²) in [5.41, 5.74) is 0.502. The minimum Gasteiger partial charge on any atom is -0.493 e. The van der Waals surface area contributed by atoms with Crippen molar-refractivity contribution in [2.45, 2.75) is 33.1 Å². The van der Waals surface area contributed by atoms with Gasteiger partial charge in [0, 0.05) is 6.07 Å². The highest BCUT2D eigenvalue weighted by Gasteiger charge is 2.54. The minimum absolute atomic E-state index is 0.0511. The molecule has 106 valence electrons. The van der Waals surface area contributed by atoms with Crippen molar-refractivity contribution in [3.05, 3.63) is 29.6 Å². The van der Waals surface area contributed by atoms with Crippen molar-refractivity contribution >= 4 is 0 Å². The maximum Gasteiger partial charge on any atom is 0.141 e. The number of hydrogen-bond donors (Lipinski definition) is 0. The first-order valence-electron chi connectivity index (χ1n) is 7.35. The normalized spacial score (nSPS) is 30.2. The summed E-state index contributed by atoms with van der Waals surface area (Å²) in [6, 6.07) is 6.25. The van der Waals surface area contributed by atoms with E-state index in [9.17, 15) is 4.39 Å². The molecular formula is C17H20FNO. The molecule has 0 heterocycles. The standard InChI is InChI=1S/C17H20FNO/c1-17(2)13-4-3-11(15(17)8-13)10-20-14-5-6-16(18)12(7-14)9-19/h5-7,11,13,15H,3-4,8,10H2,1-2H3/t11-,13+,15-/m1/s1. The van der Waals surface area contributed by atoms with E-state index < -0.39 is 5.82 Å². The van der Waals surface area contributed by atoms with Crippen molar-refractivity contribution in [2.24, 2.45) is 23.2 Å². The first-order chi connectivity index (χ1) is 9.52. The van der Waals surface area contributed by atoms with Crippen LogP contribution < -0.4 is 4.74 Å². The van der Waals surface area contributed by atoms with Gasteiger partial charge in [-0.3, -0.25) is 0 Å². The number of hydrogen-bond acceptors (Lipinski definition) is 2. The largest absolute Gasteiger partial charge is 0.493 e. The maximum absolute atomic E-state index is 13.3. The second-order valence-electron chi connectivity index (χ2n) is 6.76. The second-order valence-corrected chi connectivity index (χ2v) is 6.76. The molecule has 2 nitrogen and oxygen atoms in total. The molecule has 0 radical (unpaired) electrons. The Morgan fingerprint density at radius 3 is 2.85 bits per heavy atom. The summed E-state index contributed by atoms with van der Waals surface area (Å²) in [6.07, 6.45) is 3.85. The molecule has 3 fully saturated rings. The van der Waals surface area contributed by atoms with Crippen LogP contribution in [0, 0.1) is 40.3 Å². The molecule has 3 heteroatoms. The molecule has 0 spiro atoms. The molecule has 20 heavy (non-hydrogen) atoms. The Bertz CT molecular complexity index is 559. The molecule has 0 aromatic heterocycles. The fourth-order valence-corrected chi connectivity index (χ4v) is 4.05. The summed E-state index contributed by atoms with van der Waals surface area (Å²) >= 11 is 0. The fraction of sp³-hybridized carbons (Fsp3) is 0.588. The molecular weight excluding hydrogens is 253 g/mol. The van der Waals surface area contributed by atoms with Gasteiger partial charge in [-0.1, -0.05) is 13.8 Å². The number of halogens is 1. The Kier molecular flexibility index (Phi) is 3.20. The van der Waals surface area contributed by atoms with Crippen LogP contribution in [0.5, 0.6) is 5.75 Å². The zero-order valence-corrected chi connectivity index (χ0v) is 12.0. The smallest absolute Gasteiger partial charge is 0.141 e. The summed E-state index contributed by atoms with van der Waals surface area (Å²) < 4.78 is 19.1. The Morgan fingerprint density at radius 1 is 1.40 bits per heavy atom. The van der Waals surface area contributed by atoms with Gasteiger partial charge in [0.2, 0.25) is 0 Å². The van der Waals surface area contributed by atoms with E-state index in [2.05, 4.69) is 13.8 Å². The molecule has 4 rings (SSSR count). The zero-order valence-electron chi connectivity index (χ0n) is 12.0. The van der Waals surface area contributed by atoms with Gasteiger partial charge in [-0.2, -0.15) is 5.26 Å². The molecule has 0 unspecified atom stereocenters. The van der Waals surface area contributed by atoms with E-state index in [1.807, 2.05) is 6.07 Å². The average molecular weight is 273 g/mol. The molecule has 3 atom stereocenters. The third-order valence-corrected chi connectivity index (χ3v) is 5.52. The first-order valence-corrected chi connectivity index (χ1v) is 7.35. The SMILES string of the molecule is CC1(C)[C@H]2CC[C@H](COc3ccc(F)c(C#N)c3)[C@H]1C2. The first kappa shape index (κ1) is 13.4. The highest BCUT2D eigenvalue weighted by atomic mass is 19.1. The highest BCUT2D eigenvalue weighted by molar-refractivity contribution is 5.37. The van der Waals surface area contributed by atoms with Crippen LogP contribution in [0.4, 0.5) is 4.39 Å². The van der Waals surface area contributed by atoms with Crippen molar-refractivity contribution in [1.82, 2.24) is 0 Å². The Hall–Kier alpha value is -1.56. The molecule has 0 aliphatic heterocycles. The van der Waals surface area contributed by atoms with E-state index in [0.29, 0.717) is 23.7 Å². The molecule has 0 amide bonds. The van der Waals surface area contributed by atoms with Gasteiger partial charge in [-0.25, -0.2) is 4.39 Å². The molecule has 1 aromatic carbocycles. The lowest BCUT2D eigenvalue weighted by Crippen LogP contribution is -2.53. The van der Waals surface area contributed by atoms with E-state index >= 15 is 0 Å². The van der Waals surface area contributed by atoms with Crippen molar-refractivity contribution in [3.63, 3.8) is 0 Å². The molecule has 1 aromatic rings. The van der Waals surface area contributed by atoms with Crippen LogP contribution in [-0.4, -0.2) is 6.61 Å². The minimum atomic E-state index is -0.486. The van der Waals surface area contributed by atoms with Gasteiger partial charge >= 0.3 is 0 Å². The Labute approximate surface area is 119 Å². The number of nitrogens with zero attached hydrogens (tertiary/aromatic N) is 1. The lowest BCUT2D eigenvalue weighted by atomic mass is 9.46. The van der Waals surface area contributed by atoms with E-state index in [4.69, 9.17) is 10.00 Å². The van der Waals surface area contributed by atoms with Crippen LogP contribution in [0.1, 0.15) is 38.7 Å². The number of ether oxygens (including phenoxy) is 1. The van der Waals surface area contributed by atoms with Crippen molar-refractivity contribution in [3.8, 4) is 11.8 Å². The van der Waals surface area contributed by atoms with Crippen molar-refractivity contribution < 1.29 is 9.13 Å². The number of rotatable bonds is 3. The molecule has 0 saturated heterocycles. The number of fused-ring (bicyclic) bond motifs is 2. The summed E-state index contributed by atoms with van der Waals surface area (Å²) in [5.74, 6) is 2.34. The predicted octanol–water partition coefficient (Wildman–Crippen LogP) is 4.15. The monoisotopic (exact) mass is 273 g/mol. The van der Waals surface area contributed by atoms with Gasteiger partial charge in [0.1, 0.15) is 17.6 Å². The highest BCUT2D eigenvalue weighted by Crippen LogP contribution is 2.61. The summed E-state index contributed by atoms with van der Waals surface area (Å²) in [7, 11) is 0. The van der Waals surface area contributed by atoms with Gasteiger partial charge in [-0.15, -0.1) is 0 Å². The molecule has 3 aliphatic carbocycles. The molecule has 0 N–H and O–H groups in total. The van der Waals surface area contributed by atoms with Gasteiger partial charge in [0.05, 0.1) is 12.2 Å². The number of benzene rings is 1. The second kappa shape index (κ2) is 4.77. The third kappa shape index (κ3) is 2.08. The lowest BCUT2D eigenvalue weighted by Gasteiger charge is -2.60. The summed E-state index contributed by atoms with van der Waals surface area (Å²) in [6.45, 7) is 5.41. The Balaban J connectivity index is 1.64. The molecule has 3 saturated carbocycles. The van der Waals surface area contributed by atoms with Gasteiger partial charge < -0.3 is 4.74 Å². The predicted molar refractivity (Wildman–Crippen MR) is 74.7 cm³/mol. The van der Waals surface area contributed by atoms with Crippen molar-refractivity contribution in [1.29, 1.82) is 5.26 Å². The van der Waals surface area contributed by atoms with Crippen LogP contribution >= 0.6 is 0 Å². The summed E-state index contributed by atoms with van der Waals surface area (Å²) in [5, 5.41) is 8.83. The van der Waals surface area contributed by atoms with Gasteiger partial charge in [-0.05, 0) is 54.6 Å². The maximum atomic E-state index is 13.3. The van der Waals surface area contributed by atoms with Crippen molar-refractivity contribution in [2.75, 3.05) is 6.61 Å². The average Bonchev–Trinajstić information content (AvgIpc) is 2.46. The van der Waals surface area contributed by atoms with E-state index in [0.717, 1.165) is 11.8 Å².